The van der Waals surface area contributed by atoms with E-state index in [1.807, 2.05) is 0 Å². The molecule has 0 amide bonds. The van der Waals surface area contributed by atoms with E-state index in [0.717, 1.165) is 12.3 Å². The van der Waals surface area contributed by atoms with E-state index in [9.17, 15) is 0 Å². The summed E-state index contributed by atoms with van der Waals surface area (Å²) in [7, 11) is 1.72. The fourth-order valence-corrected chi connectivity index (χ4v) is 2.05. The first-order valence-electron chi connectivity index (χ1n) is 5.07. The summed E-state index contributed by atoms with van der Waals surface area (Å²) in [6.45, 7) is 0.715. The molecule has 1 saturated carbocycles. The first kappa shape index (κ1) is 10.0. The second kappa shape index (κ2) is 5.55. The lowest BCUT2D eigenvalue weighted by Crippen LogP contribution is -2.25. The number of hydrogen-bond donors (Lipinski definition) is 1. The van der Waals surface area contributed by atoms with Crippen molar-refractivity contribution < 1.29 is 4.74 Å². The first-order valence-corrected chi connectivity index (χ1v) is 5.07. The third kappa shape index (κ3) is 3.55. The van der Waals surface area contributed by atoms with Gasteiger partial charge in [-0.3, -0.25) is 0 Å². The lowest BCUT2D eigenvalue weighted by Gasteiger charge is -2.13. The summed E-state index contributed by atoms with van der Waals surface area (Å²) >= 11 is 0. The van der Waals surface area contributed by atoms with Crippen LogP contribution in [0.4, 0.5) is 0 Å². The molecule has 1 aliphatic carbocycles. The number of rotatable bonds is 5. The van der Waals surface area contributed by atoms with Crippen LogP contribution in [0.25, 0.3) is 0 Å². The van der Waals surface area contributed by atoms with Gasteiger partial charge in [-0.15, -0.1) is 0 Å². The van der Waals surface area contributed by atoms with Crippen molar-refractivity contribution in [2.45, 2.75) is 44.6 Å². The normalized spacial score (nSPS) is 21.5. The molecule has 12 heavy (non-hydrogen) atoms. The molecule has 0 spiro atoms. The molecule has 2 heteroatoms. The highest BCUT2D eigenvalue weighted by atomic mass is 16.5. The largest absolute Gasteiger partial charge is 0.383 e. The smallest absolute Gasteiger partial charge is 0.0613 e. The molecule has 2 nitrogen and oxygen atoms in total. The number of nitrogens with two attached hydrogens (primary N) is 1. The van der Waals surface area contributed by atoms with E-state index in [4.69, 9.17) is 10.5 Å². The average Bonchev–Trinajstić information content (AvgIpc) is 2.53. The summed E-state index contributed by atoms with van der Waals surface area (Å²) in [6, 6.07) is 0.260. The van der Waals surface area contributed by atoms with E-state index in [1.54, 1.807) is 7.11 Å². The molecule has 1 rings (SSSR count). The van der Waals surface area contributed by atoms with E-state index in [0.29, 0.717) is 6.61 Å². The lowest BCUT2D eigenvalue weighted by molar-refractivity contribution is 0.174. The van der Waals surface area contributed by atoms with Crippen molar-refractivity contribution in [3.63, 3.8) is 0 Å². The van der Waals surface area contributed by atoms with Gasteiger partial charge in [0.1, 0.15) is 0 Å². The molecule has 1 aliphatic rings. The summed E-state index contributed by atoms with van der Waals surface area (Å²) in [4.78, 5) is 0. The maximum absolute atomic E-state index is 5.84. The SMILES string of the molecule is COCC(N)CCC1CCCC1. The topological polar surface area (TPSA) is 35.2 Å². The summed E-state index contributed by atoms with van der Waals surface area (Å²) in [6.07, 6.45) is 8.18. The summed E-state index contributed by atoms with van der Waals surface area (Å²) in [5, 5.41) is 0. The van der Waals surface area contributed by atoms with Gasteiger partial charge in [0.15, 0.2) is 0 Å². The van der Waals surface area contributed by atoms with Gasteiger partial charge >= 0.3 is 0 Å². The second-order valence-corrected chi connectivity index (χ2v) is 3.94. The van der Waals surface area contributed by atoms with E-state index >= 15 is 0 Å². The van der Waals surface area contributed by atoms with Crippen LogP contribution in [0.15, 0.2) is 0 Å². The highest BCUT2D eigenvalue weighted by Gasteiger charge is 2.15. The van der Waals surface area contributed by atoms with Gasteiger partial charge in [0.05, 0.1) is 6.61 Å². The Hall–Kier alpha value is -0.0800. The molecule has 0 radical (unpaired) electrons. The fourth-order valence-electron chi connectivity index (χ4n) is 2.05. The minimum absolute atomic E-state index is 0.260. The molecule has 1 atom stereocenters. The number of ether oxygens (including phenoxy) is 1. The van der Waals surface area contributed by atoms with Crippen molar-refractivity contribution in [1.82, 2.24) is 0 Å². The van der Waals surface area contributed by atoms with Gasteiger partial charge < -0.3 is 10.5 Å². The predicted octanol–water partition coefficient (Wildman–Crippen LogP) is 1.93. The highest BCUT2D eigenvalue weighted by Crippen LogP contribution is 2.28. The Kier molecular flexibility index (Phi) is 4.62. The molecule has 72 valence electrons. The molecule has 1 unspecified atom stereocenters. The second-order valence-electron chi connectivity index (χ2n) is 3.94. The molecule has 2 N–H and O–H groups in total. The van der Waals surface area contributed by atoms with Crippen LogP contribution < -0.4 is 5.73 Å². The third-order valence-corrected chi connectivity index (χ3v) is 2.80. The summed E-state index contributed by atoms with van der Waals surface area (Å²) in [5.41, 5.74) is 5.84. The minimum Gasteiger partial charge on any atom is -0.383 e. The predicted molar refractivity (Wildman–Crippen MR) is 51.0 cm³/mol. The van der Waals surface area contributed by atoms with Gasteiger partial charge in [0.25, 0.3) is 0 Å². The molecular formula is C10H21NO. The first-order chi connectivity index (χ1) is 5.83. The Bertz CT molecular complexity index is 110. The fraction of sp³-hybridized carbons (Fsp3) is 1.00. The Morgan fingerprint density at radius 3 is 2.67 bits per heavy atom. The molecule has 0 bridgehead atoms. The van der Waals surface area contributed by atoms with Crippen molar-refractivity contribution in [2.24, 2.45) is 11.7 Å². The van der Waals surface area contributed by atoms with Crippen LogP contribution in [0.3, 0.4) is 0 Å². The maximum Gasteiger partial charge on any atom is 0.0613 e. The van der Waals surface area contributed by atoms with Crippen LogP contribution in [0.5, 0.6) is 0 Å². The Labute approximate surface area is 75.5 Å². The van der Waals surface area contributed by atoms with E-state index < -0.39 is 0 Å². The zero-order chi connectivity index (χ0) is 8.81. The van der Waals surface area contributed by atoms with Crippen molar-refractivity contribution in [3.8, 4) is 0 Å². The van der Waals surface area contributed by atoms with Gasteiger partial charge in [-0.05, 0) is 18.8 Å². The van der Waals surface area contributed by atoms with Crippen LogP contribution in [0.2, 0.25) is 0 Å². The van der Waals surface area contributed by atoms with E-state index in [-0.39, 0.29) is 6.04 Å². The lowest BCUT2D eigenvalue weighted by atomic mass is 9.99. The number of methoxy groups -OCH3 is 1. The molecular weight excluding hydrogens is 150 g/mol. The Morgan fingerprint density at radius 1 is 1.42 bits per heavy atom. The standard InChI is InChI=1S/C10H21NO/c1-12-8-10(11)7-6-9-4-2-3-5-9/h9-10H,2-8,11H2,1H3. The average molecular weight is 171 g/mol. The van der Waals surface area contributed by atoms with Crippen LogP contribution in [0, 0.1) is 5.92 Å². The Morgan fingerprint density at radius 2 is 2.08 bits per heavy atom. The number of hydrogen-bond acceptors (Lipinski definition) is 2. The third-order valence-electron chi connectivity index (χ3n) is 2.80. The monoisotopic (exact) mass is 171 g/mol. The van der Waals surface area contributed by atoms with Crippen LogP contribution >= 0.6 is 0 Å². The van der Waals surface area contributed by atoms with Crippen LogP contribution in [-0.4, -0.2) is 19.8 Å². The highest BCUT2D eigenvalue weighted by molar-refractivity contribution is 4.70. The molecule has 0 aromatic heterocycles. The van der Waals surface area contributed by atoms with Gasteiger partial charge in [-0.25, -0.2) is 0 Å². The summed E-state index contributed by atoms with van der Waals surface area (Å²) in [5.74, 6) is 0.966. The van der Waals surface area contributed by atoms with E-state index in [2.05, 4.69) is 0 Å². The van der Waals surface area contributed by atoms with Crippen molar-refractivity contribution >= 4 is 0 Å². The molecule has 0 saturated heterocycles. The van der Waals surface area contributed by atoms with Crippen molar-refractivity contribution in [3.05, 3.63) is 0 Å². The van der Waals surface area contributed by atoms with Crippen LogP contribution in [0.1, 0.15) is 38.5 Å². The van der Waals surface area contributed by atoms with Gasteiger partial charge in [-0.1, -0.05) is 25.7 Å². The van der Waals surface area contributed by atoms with Crippen molar-refractivity contribution in [1.29, 1.82) is 0 Å². The quantitative estimate of drug-likeness (QED) is 0.686. The van der Waals surface area contributed by atoms with Gasteiger partial charge in [-0.2, -0.15) is 0 Å². The molecule has 0 aliphatic heterocycles. The molecule has 0 aromatic rings. The zero-order valence-electron chi connectivity index (χ0n) is 8.09. The van der Waals surface area contributed by atoms with Gasteiger partial charge in [0.2, 0.25) is 0 Å². The minimum atomic E-state index is 0.260. The maximum atomic E-state index is 5.84. The van der Waals surface area contributed by atoms with Gasteiger partial charge in [0, 0.05) is 13.2 Å². The van der Waals surface area contributed by atoms with Crippen molar-refractivity contribution in [2.75, 3.05) is 13.7 Å². The summed E-state index contributed by atoms with van der Waals surface area (Å²) < 4.78 is 4.99. The molecule has 0 heterocycles. The zero-order valence-corrected chi connectivity index (χ0v) is 8.09. The molecule has 0 aromatic carbocycles. The van der Waals surface area contributed by atoms with Crippen LogP contribution in [-0.2, 0) is 4.74 Å². The van der Waals surface area contributed by atoms with E-state index in [1.165, 1.54) is 32.1 Å². The Balaban J connectivity index is 1.99. The molecule has 1 fully saturated rings.